The summed E-state index contributed by atoms with van der Waals surface area (Å²) in [4.78, 5) is 23.6. The van der Waals surface area contributed by atoms with E-state index < -0.39 is 15.9 Å². The van der Waals surface area contributed by atoms with E-state index in [-0.39, 0.29) is 23.8 Å². The third kappa shape index (κ3) is 4.93. The number of ketones is 1. The number of rotatable bonds is 7. The van der Waals surface area contributed by atoms with Crippen LogP contribution in [0, 0.1) is 0 Å². The summed E-state index contributed by atoms with van der Waals surface area (Å²) in [5, 5.41) is 2.70. The Labute approximate surface area is 169 Å². The molecule has 0 saturated heterocycles. The number of nitrogens with one attached hydrogen (secondary N) is 1. The van der Waals surface area contributed by atoms with Crippen LogP contribution < -0.4 is 14.8 Å². The smallest absolute Gasteiger partial charge is 0.243 e. The van der Waals surface area contributed by atoms with Crippen molar-refractivity contribution in [1.29, 1.82) is 0 Å². The number of sulfonamides is 1. The van der Waals surface area contributed by atoms with Gasteiger partial charge in [0.05, 0.1) is 11.4 Å². The Hall–Kier alpha value is -2.91. The highest BCUT2D eigenvalue weighted by molar-refractivity contribution is 7.89. The van der Waals surface area contributed by atoms with Crippen LogP contribution >= 0.6 is 0 Å². The number of fused-ring (bicyclic) bond motifs is 1. The van der Waals surface area contributed by atoms with Gasteiger partial charge in [0.2, 0.25) is 15.9 Å². The molecule has 0 aromatic heterocycles. The van der Waals surface area contributed by atoms with E-state index in [1.807, 2.05) is 6.07 Å². The molecular formula is C20H22N2O6S. The van der Waals surface area contributed by atoms with Crippen molar-refractivity contribution in [3.63, 3.8) is 0 Å². The van der Waals surface area contributed by atoms with Gasteiger partial charge in [0.25, 0.3) is 0 Å². The van der Waals surface area contributed by atoms with E-state index in [2.05, 4.69) is 5.32 Å². The fourth-order valence-electron chi connectivity index (χ4n) is 2.78. The minimum atomic E-state index is -3.85. The van der Waals surface area contributed by atoms with Gasteiger partial charge in [-0.1, -0.05) is 18.2 Å². The van der Waals surface area contributed by atoms with Crippen molar-refractivity contribution >= 4 is 21.7 Å². The molecule has 0 radical (unpaired) electrons. The maximum atomic E-state index is 12.6. The van der Waals surface area contributed by atoms with Crippen molar-refractivity contribution < 1.29 is 27.5 Å². The molecule has 154 valence electrons. The molecule has 0 atom stereocenters. The summed E-state index contributed by atoms with van der Waals surface area (Å²) in [6.45, 7) is 2.28. The maximum absolute atomic E-state index is 12.6. The highest BCUT2D eigenvalue weighted by Crippen LogP contribution is 2.30. The van der Waals surface area contributed by atoms with Gasteiger partial charge in [-0.15, -0.1) is 0 Å². The first-order valence-corrected chi connectivity index (χ1v) is 10.4. The summed E-state index contributed by atoms with van der Waals surface area (Å²) in [7, 11) is -2.52. The SMILES string of the molecule is CC(=O)c1ccc(S(=O)(=O)N(C)CC(=O)NCc2ccc3c(c2)OCCO3)cc1. The second-order valence-electron chi connectivity index (χ2n) is 6.60. The molecule has 0 spiro atoms. The van der Waals surface area contributed by atoms with Gasteiger partial charge in [0.15, 0.2) is 17.3 Å². The maximum Gasteiger partial charge on any atom is 0.243 e. The molecule has 1 aliphatic rings. The molecule has 0 saturated carbocycles. The molecule has 1 amide bonds. The van der Waals surface area contributed by atoms with Crippen LogP contribution in [0.3, 0.4) is 0 Å². The first-order valence-electron chi connectivity index (χ1n) is 9.00. The third-order valence-corrected chi connectivity index (χ3v) is 6.25. The van der Waals surface area contributed by atoms with Crippen molar-refractivity contribution in [3.8, 4) is 11.5 Å². The Balaban J connectivity index is 1.58. The number of hydrogen-bond donors (Lipinski definition) is 1. The highest BCUT2D eigenvalue weighted by atomic mass is 32.2. The number of likely N-dealkylation sites (N-methyl/N-ethyl adjacent to an activating group) is 1. The third-order valence-electron chi connectivity index (χ3n) is 4.43. The van der Waals surface area contributed by atoms with E-state index in [0.29, 0.717) is 30.3 Å². The highest BCUT2D eigenvalue weighted by Gasteiger charge is 2.23. The Morgan fingerprint density at radius 3 is 2.34 bits per heavy atom. The summed E-state index contributed by atoms with van der Waals surface area (Å²) in [5.74, 6) is 0.691. The standard InChI is InChI=1S/C20H22N2O6S/c1-14(23)16-4-6-17(7-5-16)29(25,26)22(2)13-20(24)21-12-15-3-8-18-19(11-15)28-10-9-27-18/h3-8,11H,9-10,12-13H2,1-2H3,(H,21,24). The average Bonchev–Trinajstić information content (AvgIpc) is 2.72. The fourth-order valence-corrected chi connectivity index (χ4v) is 3.91. The normalized spacial score (nSPS) is 13.2. The number of carbonyl (C=O) groups excluding carboxylic acids is 2. The predicted molar refractivity (Wildman–Crippen MR) is 106 cm³/mol. The molecule has 1 heterocycles. The van der Waals surface area contributed by atoms with Gasteiger partial charge in [0.1, 0.15) is 13.2 Å². The van der Waals surface area contributed by atoms with Crippen molar-refractivity contribution in [1.82, 2.24) is 9.62 Å². The van der Waals surface area contributed by atoms with E-state index in [0.717, 1.165) is 9.87 Å². The lowest BCUT2D eigenvalue weighted by Crippen LogP contribution is -2.38. The average molecular weight is 418 g/mol. The topological polar surface area (TPSA) is 102 Å². The minimum Gasteiger partial charge on any atom is -0.486 e. The number of ether oxygens (including phenoxy) is 2. The molecule has 0 aliphatic carbocycles. The monoisotopic (exact) mass is 418 g/mol. The zero-order chi connectivity index (χ0) is 21.0. The number of carbonyl (C=O) groups is 2. The summed E-state index contributed by atoms with van der Waals surface area (Å²) in [6, 6.07) is 11.0. The summed E-state index contributed by atoms with van der Waals surface area (Å²) < 4.78 is 37.2. The zero-order valence-electron chi connectivity index (χ0n) is 16.2. The van der Waals surface area contributed by atoms with Crippen LogP contribution in [0.2, 0.25) is 0 Å². The zero-order valence-corrected chi connectivity index (χ0v) is 17.0. The number of Topliss-reactive ketones (excluding diaryl/α,β-unsaturated/α-hetero) is 1. The number of nitrogens with zero attached hydrogens (tertiary/aromatic N) is 1. The molecule has 29 heavy (non-hydrogen) atoms. The van der Waals surface area contributed by atoms with Gasteiger partial charge in [-0.25, -0.2) is 8.42 Å². The van der Waals surface area contributed by atoms with Gasteiger partial charge >= 0.3 is 0 Å². The van der Waals surface area contributed by atoms with Gasteiger partial charge in [-0.2, -0.15) is 4.31 Å². The first-order chi connectivity index (χ1) is 13.8. The molecule has 9 heteroatoms. The van der Waals surface area contributed by atoms with E-state index in [4.69, 9.17) is 9.47 Å². The van der Waals surface area contributed by atoms with Crippen molar-refractivity contribution in [2.24, 2.45) is 0 Å². The van der Waals surface area contributed by atoms with E-state index >= 15 is 0 Å². The second kappa shape index (κ2) is 8.62. The molecule has 0 fully saturated rings. The van der Waals surface area contributed by atoms with Crippen LogP contribution in [0.15, 0.2) is 47.4 Å². The van der Waals surface area contributed by atoms with Crippen LogP contribution in [0.4, 0.5) is 0 Å². The van der Waals surface area contributed by atoms with Gasteiger partial charge in [0, 0.05) is 19.2 Å². The lowest BCUT2D eigenvalue weighted by Gasteiger charge is -2.19. The second-order valence-corrected chi connectivity index (χ2v) is 8.64. The summed E-state index contributed by atoms with van der Waals surface area (Å²) >= 11 is 0. The van der Waals surface area contributed by atoms with Gasteiger partial charge in [-0.05, 0) is 36.8 Å². The van der Waals surface area contributed by atoms with Gasteiger partial charge < -0.3 is 14.8 Å². The first kappa shape index (κ1) is 20.8. The molecule has 2 aromatic carbocycles. The van der Waals surface area contributed by atoms with E-state index in [1.165, 1.54) is 38.2 Å². The predicted octanol–water partition coefficient (Wildman–Crippen LogP) is 1.60. The quantitative estimate of drug-likeness (QED) is 0.686. The van der Waals surface area contributed by atoms with Crippen molar-refractivity contribution in [2.75, 3.05) is 26.8 Å². The molecule has 3 rings (SSSR count). The van der Waals surface area contributed by atoms with Gasteiger partial charge in [-0.3, -0.25) is 9.59 Å². The molecule has 1 N–H and O–H groups in total. The summed E-state index contributed by atoms with van der Waals surface area (Å²) in [6.07, 6.45) is 0. The van der Waals surface area contributed by atoms with Crippen LogP contribution in [-0.2, 0) is 21.4 Å². The van der Waals surface area contributed by atoms with E-state index in [9.17, 15) is 18.0 Å². The summed E-state index contributed by atoms with van der Waals surface area (Å²) in [5.41, 5.74) is 1.23. The molecule has 0 unspecified atom stereocenters. The van der Waals surface area contributed by atoms with Crippen LogP contribution in [0.5, 0.6) is 11.5 Å². The van der Waals surface area contributed by atoms with Crippen LogP contribution in [0.25, 0.3) is 0 Å². The molecule has 1 aliphatic heterocycles. The van der Waals surface area contributed by atoms with E-state index in [1.54, 1.807) is 12.1 Å². The Morgan fingerprint density at radius 2 is 1.69 bits per heavy atom. The lowest BCUT2D eigenvalue weighted by molar-refractivity contribution is -0.121. The fraction of sp³-hybridized carbons (Fsp3) is 0.300. The van der Waals surface area contributed by atoms with Crippen molar-refractivity contribution in [2.45, 2.75) is 18.4 Å². The lowest BCUT2D eigenvalue weighted by atomic mass is 10.2. The largest absolute Gasteiger partial charge is 0.486 e. The van der Waals surface area contributed by atoms with Crippen LogP contribution in [0.1, 0.15) is 22.8 Å². The molecule has 0 bridgehead atoms. The Kier molecular flexibility index (Phi) is 6.19. The Bertz CT molecular complexity index is 1020. The van der Waals surface area contributed by atoms with Crippen LogP contribution in [-0.4, -0.2) is 51.2 Å². The molecule has 8 nitrogen and oxygen atoms in total. The number of amides is 1. The number of benzene rings is 2. The molecule has 2 aromatic rings. The Morgan fingerprint density at radius 1 is 1.03 bits per heavy atom. The van der Waals surface area contributed by atoms with Crippen molar-refractivity contribution in [3.05, 3.63) is 53.6 Å². The minimum absolute atomic E-state index is 0.0182. The molecular weight excluding hydrogens is 396 g/mol. The number of hydrogen-bond acceptors (Lipinski definition) is 6.